The molecule has 0 bridgehead atoms. The summed E-state index contributed by atoms with van der Waals surface area (Å²) in [6, 6.07) is 9.23. The summed E-state index contributed by atoms with van der Waals surface area (Å²) in [6.07, 6.45) is 0. The molecule has 0 aliphatic rings. The molecular weight excluding hydrogens is 346 g/mol. The molecule has 5 heteroatoms. The first-order valence-electron chi connectivity index (χ1n) is 7.20. The molecule has 1 aromatic heterocycles. The Balaban J connectivity index is 2.10. The summed E-state index contributed by atoms with van der Waals surface area (Å²) in [5, 5.41) is 12.2. The number of hydrogen-bond acceptors (Lipinski definition) is 3. The zero-order valence-corrected chi connectivity index (χ0v) is 14.5. The van der Waals surface area contributed by atoms with Gasteiger partial charge in [0.2, 0.25) is 0 Å². The van der Waals surface area contributed by atoms with Crippen molar-refractivity contribution in [2.24, 2.45) is 5.92 Å². The van der Waals surface area contributed by atoms with E-state index < -0.39 is 12.0 Å². The van der Waals surface area contributed by atoms with E-state index in [1.165, 1.54) is 0 Å². The molecule has 1 heterocycles. The van der Waals surface area contributed by atoms with E-state index in [0.717, 1.165) is 27.1 Å². The third-order valence-electron chi connectivity index (χ3n) is 3.54. The summed E-state index contributed by atoms with van der Waals surface area (Å²) in [6.45, 7) is 6.18. The van der Waals surface area contributed by atoms with Gasteiger partial charge in [0.1, 0.15) is 17.6 Å². The average molecular weight is 366 g/mol. The minimum Gasteiger partial charge on any atom is -0.480 e. The first-order valence-corrected chi connectivity index (χ1v) is 7.99. The maximum atomic E-state index is 11.2. The maximum Gasteiger partial charge on any atom is 0.320 e. The Morgan fingerprint density at radius 1 is 1.32 bits per heavy atom. The zero-order valence-electron chi connectivity index (χ0n) is 12.9. The molecule has 0 aliphatic carbocycles. The second kappa shape index (κ2) is 7.11. The molecule has 0 radical (unpaired) electrons. The van der Waals surface area contributed by atoms with Crippen molar-refractivity contribution in [3.8, 4) is 11.3 Å². The Hall–Kier alpha value is -1.59. The van der Waals surface area contributed by atoms with Crippen molar-refractivity contribution in [3.63, 3.8) is 0 Å². The van der Waals surface area contributed by atoms with Crippen LogP contribution >= 0.6 is 15.9 Å². The number of carboxylic acid groups (broad SMARTS) is 1. The summed E-state index contributed by atoms with van der Waals surface area (Å²) >= 11 is 3.45. The number of furan rings is 1. The van der Waals surface area contributed by atoms with Gasteiger partial charge in [-0.1, -0.05) is 29.8 Å². The van der Waals surface area contributed by atoms with Gasteiger partial charge in [0.25, 0.3) is 0 Å². The summed E-state index contributed by atoms with van der Waals surface area (Å²) in [5.74, 6) is 0.689. The van der Waals surface area contributed by atoms with E-state index >= 15 is 0 Å². The molecule has 1 atom stereocenters. The summed E-state index contributed by atoms with van der Waals surface area (Å²) < 4.78 is 6.86. The number of benzene rings is 1. The molecule has 4 nitrogen and oxygen atoms in total. The lowest BCUT2D eigenvalue weighted by molar-refractivity contribution is -0.140. The molecule has 0 spiro atoms. The molecule has 0 saturated carbocycles. The minimum absolute atomic E-state index is 0.0145. The van der Waals surface area contributed by atoms with Gasteiger partial charge >= 0.3 is 5.97 Å². The molecular formula is C17H20BrNO3. The number of hydrogen-bond donors (Lipinski definition) is 2. The quantitative estimate of drug-likeness (QED) is 0.804. The summed E-state index contributed by atoms with van der Waals surface area (Å²) in [7, 11) is 0. The molecule has 1 unspecified atom stereocenters. The molecule has 1 aromatic carbocycles. The zero-order chi connectivity index (χ0) is 16.3. The molecule has 2 N–H and O–H groups in total. The third-order valence-corrected chi connectivity index (χ3v) is 4.04. The number of aliphatic carboxylic acids is 1. The van der Waals surface area contributed by atoms with Gasteiger partial charge in [-0.25, -0.2) is 0 Å². The molecule has 0 aliphatic heterocycles. The number of nitrogens with one attached hydrogen (secondary N) is 1. The average Bonchev–Trinajstić information content (AvgIpc) is 2.86. The Morgan fingerprint density at radius 3 is 2.64 bits per heavy atom. The SMILES string of the molecule is Cc1cc(Br)ccc1-c1ccc(CNC(C(=O)O)C(C)C)o1. The summed E-state index contributed by atoms with van der Waals surface area (Å²) in [4.78, 5) is 11.2. The van der Waals surface area contributed by atoms with E-state index in [4.69, 9.17) is 9.52 Å². The van der Waals surface area contributed by atoms with Crippen LogP contribution < -0.4 is 5.32 Å². The first-order chi connectivity index (χ1) is 10.4. The predicted molar refractivity (Wildman–Crippen MR) is 89.7 cm³/mol. The van der Waals surface area contributed by atoms with E-state index in [2.05, 4.69) is 21.2 Å². The number of rotatable bonds is 6. The highest BCUT2D eigenvalue weighted by atomic mass is 79.9. The Labute approximate surface area is 138 Å². The third kappa shape index (κ3) is 3.99. The number of carbonyl (C=O) groups is 1. The predicted octanol–water partition coefficient (Wildman–Crippen LogP) is 4.22. The molecule has 22 heavy (non-hydrogen) atoms. The molecule has 0 saturated heterocycles. The Morgan fingerprint density at radius 2 is 2.05 bits per heavy atom. The summed E-state index contributed by atoms with van der Waals surface area (Å²) in [5.41, 5.74) is 2.15. The highest BCUT2D eigenvalue weighted by molar-refractivity contribution is 9.10. The van der Waals surface area contributed by atoms with Crippen molar-refractivity contribution in [1.82, 2.24) is 5.32 Å². The molecule has 2 aromatic rings. The van der Waals surface area contributed by atoms with E-state index in [0.29, 0.717) is 6.54 Å². The van der Waals surface area contributed by atoms with Crippen molar-refractivity contribution in [1.29, 1.82) is 0 Å². The van der Waals surface area contributed by atoms with Crippen molar-refractivity contribution >= 4 is 21.9 Å². The van der Waals surface area contributed by atoms with Crippen molar-refractivity contribution < 1.29 is 14.3 Å². The van der Waals surface area contributed by atoms with Crippen LogP contribution in [-0.4, -0.2) is 17.1 Å². The van der Waals surface area contributed by atoms with Crippen LogP contribution in [0.25, 0.3) is 11.3 Å². The maximum absolute atomic E-state index is 11.2. The fraction of sp³-hybridized carbons (Fsp3) is 0.353. The molecule has 0 amide bonds. The molecule has 0 fully saturated rings. The second-order valence-corrected chi connectivity index (χ2v) is 6.58. The highest BCUT2D eigenvalue weighted by Gasteiger charge is 2.21. The Bertz CT molecular complexity index is 664. The van der Waals surface area contributed by atoms with E-state index in [9.17, 15) is 4.79 Å². The van der Waals surface area contributed by atoms with Gasteiger partial charge in [0, 0.05) is 10.0 Å². The second-order valence-electron chi connectivity index (χ2n) is 5.67. The first kappa shape index (κ1) is 16.8. The van der Waals surface area contributed by atoms with Crippen molar-refractivity contribution in [2.45, 2.75) is 33.4 Å². The smallest absolute Gasteiger partial charge is 0.320 e. The standard InChI is InChI=1S/C17H20BrNO3/c1-10(2)16(17(20)21)19-9-13-5-7-15(22-13)14-6-4-12(18)8-11(14)3/h4-8,10,16,19H,9H2,1-3H3,(H,20,21). The normalized spacial score (nSPS) is 12.6. The monoisotopic (exact) mass is 365 g/mol. The van der Waals surface area contributed by atoms with E-state index in [1.54, 1.807) is 0 Å². The van der Waals surface area contributed by atoms with Gasteiger partial charge in [-0.3, -0.25) is 10.1 Å². The number of aryl methyl sites for hydroxylation is 1. The fourth-order valence-electron chi connectivity index (χ4n) is 2.34. The lowest BCUT2D eigenvalue weighted by atomic mass is 10.1. The van der Waals surface area contributed by atoms with Crippen LogP contribution in [0.2, 0.25) is 0 Å². The molecule has 118 valence electrons. The topological polar surface area (TPSA) is 62.5 Å². The van der Waals surface area contributed by atoms with E-state index in [-0.39, 0.29) is 5.92 Å². The lowest BCUT2D eigenvalue weighted by Gasteiger charge is -2.16. The van der Waals surface area contributed by atoms with Crippen LogP contribution in [0.3, 0.4) is 0 Å². The van der Waals surface area contributed by atoms with Crippen LogP contribution in [0.5, 0.6) is 0 Å². The van der Waals surface area contributed by atoms with Gasteiger partial charge in [-0.05, 0) is 48.7 Å². The fourth-order valence-corrected chi connectivity index (χ4v) is 2.82. The Kier molecular flexibility index (Phi) is 5.42. The van der Waals surface area contributed by atoms with Crippen molar-refractivity contribution in [3.05, 3.63) is 46.1 Å². The number of halogens is 1. The van der Waals surface area contributed by atoms with Gasteiger partial charge in [0.15, 0.2) is 0 Å². The van der Waals surface area contributed by atoms with Gasteiger partial charge in [0.05, 0.1) is 6.54 Å². The van der Waals surface area contributed by atoms with Gasteiger partial charge in [-0.2, -0.15) is 0 Å². The van der Waals surface area contributed by atoms with Crippen LogP contribution in [0, 0.1) is 12.8 Å². The number of carboxylic acids is 1. The molecule has 2 rings (SSSR count). The van der Waals surface area contributed by atoms with E-state index in [1.807, 2.05) is 51.1 Å². The van der Waals surface area contributed by atoms with Crippen LogP contribution in [0.15, 0.2) is 39.2 Å². The van der Waals surface area contributed by atoms with Crippen LogP contribution in [-0.2, 0) is 11.3 Å². The minimum atomic E-state index is -0.842. The van der Waals surface area contributed by atoms with Gasteiger partial charge in [-0.15, -0.1) is 0 Å². The lowest BCUT2D eigenvalue weighted by Crippen LogP contribution is -2.40. The largest absolute Gasteiger partial charge is 0.480 e. The highest BCUT2D eigenvalue weighted by Crippen LogP contribution is 2.27. The van der Waals surface area contributed by atoms with Crippen molar-refractivity contribution in [2.75, 3.05) is 0 Å². The van der Waals surface area contributed by atoms with Crippen LogP contribution in [0.1, 0.15) is 25.2 Å². The van der Waals surface area contributed by atoms with Gasteiger partial charge < -0.3 is 9.52 Å². The van der Waals surface area contributed by atoms with Crippen LogP contribution in [0.4, 0.5) is 0 Å².